The van der Waals surface area contributed by atoms with Gasteiger partial charge in [0.1, 0.15) is 0 Å². The van der Waals surface area contributed by atoms with Crippen molar-refractivity contribution < 1.29 is 4.79 Å². The Labute approximate surface area is 150 Å². The van der Waals surface area contributed by atoms with E-state index in [1.165, 1.54) is 11.8 Å². The Morgan fingerprint density at radius 1 is 1.28 bits per heavy atom. The fourth-order valence-corrected chi connectivity index (χ4v) is 3.19. The van der Waals surface area contributed by atoms with Gasteiger partial charge in [-0.2, -0.15) is 5.10 Å². The minimum absolute atomic E-state index is 0.0938. The van der Waals surface area contributed by atoms with Crippen molar-refractivity contribution in [3.05, 3.63) is 47.3 Å². The quantitative estimate of drug-likeness (QED) is 0.523. The number of carbonyl (C=O) groups excluding carboxylic acids is 1. The number of aromatic nitrogens is 5. The molecule has 2 heterocycles. The number of hydrogen-bond acceptors (Lipinski definition) is 5. The molecule has 0 aliphatic heterocycles. The van der Waals surface area contributed by atoms with Crippen molar-refractivity contribution in [2.24, 2.45) is 7.05 Å². The minimum Gasteiger partial charge on any atom is -0.351 e. The van der Waals surface area contributed by atoms with E-state index in [0.29, 0.717) is 23.0 Å². The third kappa shape index (κ3) is 3.90. The number of amides is 1. The van der Waals surface area contributed by atoms with E-state index < -0.39 is 0 Å². The van der Waals surface area contributed by atoms with Gasteiger partial charge in [-0.05, 0) is 13.8 Å². The van der Waals surface area contributed by atoms with Gasteiger partial charge in [0.2, 0.25) is 5.16 Å². The van der Waals surface area contributed by atoms with Crippen molar-refractivity contribution in [3.8, 4) is 11.4 Å². The number of nitrogens with one attached hydrogen (secondary N) is 2. The van der Waals surface area contributed by atoms with Gasteiger partial charge < -0.3 is 5.32 Å². The predicted molar refractivity (Wildman–Crippen MR) is 97.6 cm³/mol. The lowest BCUT2D eigenvalue weighted by atomic mass is 10.2. The third-order valence-corrected chi connectivity index (χ3v) is 4.72. The van der Waals surface area contributed by atoms with Gasteiger partial charge in [-0.15, -0.1) is 5.10 Å². The first-order chi connectivity index (χ1) is 12.1. The molecule has 130 valence electrons. The maximum Gasteiger partial charge on any atom is 0.255 e. The summed E-state index contributed by atoms with van der Waals surface area (Å²) in [5, 5.41) is 15.0. The Bertz CT molecular complexity index is 871. The van der Waals surface area contributed by atoms with Gasteiger partial charge in [0.15, 0.2) is 5.82 Å². The number of benzene rings is 1. The molecule has 1 amide bonds. The summed E-state index contributed by atoms with van der Waals surface area (Å²) < 4.78 is 1.72. The molecule has 0 aliphatic rings. The van der Waals surface area contributed by atoms with Gasteiger partial charge in [-0.25, -0.2) is 4.98 Å². The third-order valence-electron chi connectivity index (χ3n) is 3.87. The normalized spacial score (nSPS) is 10.8. The SMILES string of the molecule is Cc1nn(C)c(C)c1C(=O)NCCSc1n[nH]c(-c2ccccc2)n1. The fourth-order valence-electron chi connectivity index (χ4n) is 2.53. The first kappa shape index (κ1) is 17.2. The van der Waals surface area contributed by atoms with Crippen molar-refractivity contribution >= 4 is 17.7 Å². The molecule has 0 atom stereocenters. The number of H-pyrrole nitrogens is 1. The van der Waals surface area contributed by atoms with Crippen molar-refractivity contribution in [2.45, 2.75) is 19.0 Å². The van der Waals surface area contributed by atoms with Crippen molar-refractivity contribution in [1.29, 1.82) is 0 Å². The lowest BCUT2D eigenvalue weighted by Gasteiger charge is -2.04. The Morgan fingerprint density at radius 3 is 2.72 bits per heavy atom. The summed E-state index contributed by atoms with van der Waals surface area (Å²) in [6.07, 6.45) is 0. The van der Waals surface area contributed by atoms with Crippen LogP contribution in [0, 0.1) is 13.8 Å². The molecule has 0 fully saturated rings. The second kappa shape index (κ2) is 7.52. The van der Waals surface area contributed by atoms with E-state index in [1.807, 2.05) is 51.2 Å². The van der Waals surface area contributed by atoms with Crippen LogP contribution in [0.2, 0.25) is 0 Å². The molecule has 0 radical (unpaired) electrons. The van der Waals surface area contributed by atoms with Crippen LogP contribution < -0.4 is 5.32 Å². The second-order valence-electron chi connectivity index (χ2n) is 5.61. The zero-order valence-electron chi connectivity index (χ0n) is 14.4. The summed E-state index contributed by atoms with van der Waals surface area (Å²) in [5.74, 6) is 1.34. The molecule has 1 aromatic carbocycles. The van der Waals surface area contributed by atoms with E-state index >= 15 is 0 Å². The monoisotopic (exact) mass is 356 g/mol. The van der Waals surface area contributed by atoms with Crippen LogP contribution in [0.5, 0.6) is 0 Å². The van der Waals surface area contributed by atoms with Gasteiger partial charge >= 0.3 is 0 Å². The van der Waals surface area contributed by atoms with Gasteiger partial charge in [-0.1, -0.05) is 42.1 Å². The highest BCUT2D eigenvalue weighted by Gasteiger charge is 2.16. The molecule has 3 rings (SSSR count). The minimum atomic E-state index is -0.0938. The lowest BCUT2D eigenvalue weighted by Crippen LogP contribution is -2.26. The Kier molecular flexibility index (Phi) is 5.18. The summed E-state index contributed by atoms with van der Waals surface area (Å²) in [7, 11) is 1.84. The average molecular weight is 356 g/mol. The molecule has 0 spiro atoms. The van der Waals surface area contributed by atoms with Crippen LogP contribution in [0.1, 0.15) is 21.7 Å². The second-order valence-corrected chi connectivity index (χ2v) is 6.67. The number of aromatic amines is 1. The molecular weight excluding hydrogens is 336 g/mol. The van der Waals surface area contributed by atoms with E-state index in [-0.39, 0.29) is 5.91 Å². The molecular formula is C17H20N6OS. The van der Waals surface area contributed by atoms with Crippen LogP contribution in [0.25, 0.3) is 11.4 Å². The number of nitrogens with zero attached hydrogens (tertiary/aromatic N) is 4. The molecule has 7 nitrogen and oxygen atoms in total. The van der Waals surface area contributed by atoms with Gasteiger partial charge in [0, 0.05) is 30.6 Å². The summed E-state index contributed by atoms with van der Waals surface area (Å²) in [6, 6.07) is 9.84. The summed E-state index contributed by atoms with van der Waals surface area (Å²) in [5.41, 5.74) is 3.25. The smallest absolute Gasteiger partial charge is 0.255 e. The number of rotatable bonds is 6. The highest BCUT2D eigenvalue weighted by molar-refractivity contribution is 7.99. The maximum absolute atomic E-state index is 12.3. The Balaban J connectivity index is 1.51. The number of aryl methyl sites for hydroxylation is 2. The van der Waals surface area contributed by atoms with E-state index in [9.17, 15) is 4.79 Å². The maximum atomic E-state index is 12.3. The van der Waals surface area contributed by atoms with Crippen molar-refractivity contribution in [2.75, 3.05) is 12.3 Å². The molecule has 0 aliphatic carbocycles. The van der Waals surface area contributed by atoms with Crippen molar-refractivity contribution in [3.63, 3.8) is 0 Å². The number of carbonyl (C=O) groups is 1. The molecule has 0 unspecified atom stereocenters. The summed E-state index contributed by atoms with van der Waals surface area (Å²) in [4.78, 5) is 16.7. The predicted octanol–water partition coefficient (Wildman–Crippen LogP) is 2.34. The van der Waals surface area contributed by atoms with Crippen LogP contribution in [-0.4, -0.2) is 43.2 Å². The van der Waals surface area contributed by atoms with Crippen LogP contribution in [0.15, 0.2) is 35.5 Å². The van der Waals surface area contributed by atoms with E-state index in [1.54, 1.807) is 4.68 Å². The fraction of sp³-hybridized carbons (Fsp3) is 0.294. The molecule has 0 saturated heterocycles. The molecule has 0 bridgehead atoms. The van der Waals surface area contributed by atoms with Crippen LogP contribution in [-0.2, 0) is 7.05 Å². The van der Waals surface area contributed by atoms with Crippen LogP contribution in [0.3, 0.4) is 0 Å². The van der Waals surface area contributed by atoms with Gasteiger partial charge in [-0.3, -0.25) is 14.6 Å². The highest BCUT2D eigenvalue weighted by atomic mass is 32.2. The molecule has 3 aromatic rings. The molecule has 0 saturated carbocycles. The van der Waals surface area contributed by atoms with Crippen LogP contribution in [0.4, 0.5) is 0 Å². The Hall–Kier alpha value is -2.61. The molecule has 8 heteroatoms. The zero-order chi connectivity index (χ0) is 17.8. The van der Waals surface area contributed by atoms with E-state index in [2.05, 4.69) is 25.6 Å². The average Bonchev–Trinajstić information content (AvgIpc) is 3.17. The summed E-state index contributed by atoms with van der Waals surface area (Å²) >= 11 is 1.50. The summed E-state index contributed by atoms with van der Waals surface area (Å²) in [6.45, 7) is 4.27. The highest BCUT2D eigenvalue weighted by Crippen LogP contribution is 2.18. The first-order valence-electron chi connectivity index (χ1n) is 7.95. The molecule has 2 N–H and O–H groups in total. The zero-order valence-corrected chi connectivity index (χ0v) is 15.2. The topological polar surface area (TPSA) is 88.5 Å². The van der Waals surface area contributed by atoms with Gasteiger partial charge in [0.25, 0.3) is 5.91 Å². The van der Waals surface area contributed by atoms with Gasteiger partial charge in [0.05, 0.1) is 11.3 Å². The van der Waals surface area contributed by atoms with E-state index in [0.717, 1.165) is 22.8 Å². The molecule has 2 aromatic heterocycles. The largest absolute Gasteiger partial charge is 0.351 e. The Morgan fingerprint density at radius 2 is 2.04 bits per heavy atom. The molecule has 25 heavy (non-hydrogen) atoms. The first-order valence-corrected chi connectivity index (χ1v) is 8.94. The van der Waals surface area contributed by atoms with Crippen molar-refractivity contribution in [1.82, 2.24) is 30.3 Å². The van der Waals surface area contributed by atoms with Crippen LogP contribution >= 0.6 is 11.8 Å². The standard InChI is InChI=1S/C17H20N6OS/c1-11-14(12(2)23(3)22-11)16(24)18-9-10-25-17-19-15(20-21-17)13-7-5-4-6-8-13/h4-8H,9-10H2,1-3H3,(H,18,24)(H,19,20,21). The lowest BCUT2D eigenvalue weighted by molar-refractivity contribution is 0.0955. The number of hydrogen-bond donors (Lipinski definition) is 2. The number of thioether (sulfide) groups is 1. The van der Waals surface area contributed by atoms with E-state index in [4.69, 9.17) is 0 Å².